The van der Waals surface area contributed by atoms with E-state index in [0.717, 1.165) is 7.48 Å². The zero-order valence-electron chi connectivity index (χ0n) is 11.1. The van der Waals surface area contributed by atoms with Gasteiger partial charge < -0.3 is 14.7 Å². The van der Waals surface area contributed by atoms with Gasteiger partial charge in [-0.05, 0) is 41.9 Å². The van der Waals surface area contributed by atoms with E-state index in [4.69, 9.17) is 45.2 Å². The van der Waals surface area contributed by atoms with E-state index in [-0.39, 0.29) is 5.17 Å². The first-order valence-corrected chi connectivity index (χ1v) is 7.16. The standard InChI is InChI=1S/C14H11BCl2NO2S/c1-18(14(21)20-9-5-3-2-4-6-9)13-7-10(15-19)11(16)8-12(13)17/h2-8,19H,1H3. The normalized spacial score (nSPS) is 10.1. The van der Waals surface area contributed by atoms with Gasteiger partial charge in [0.2, 0.25) is 0 Å². The Morgan fingerprint density at radius 2 is 1.86 bits per heavy atom. The molecule has 0 unspecified atom stereocenters. The number of halogens is 2. The van der Waals surface area contributed by atoms with Crippen LogP contribution in [0.4, 0.5) is 5.69 Å². The average molecular weight is 339 g/mol. The third-order valence-electron chi connectivity index (χ3n) is 2.79. The van der Waals surface area contributed by atoms with E-state index in [0.29, 0.717) is 26.9 Å². The van der Waals surface area contributed by atoms with E-state index in [1.165, 1.54) is 0 Å². The van der Waals surface area contributed by atoms with Crippen molar-refractivity contribution in [1.29, 1.82) is 0 Å². The van der Waals surface area contributed by atoms with Crippen LogP contribution in [-0.4, -0.2) is 24.7 Å². The molecule has 0 saturated carbocycles. The van der Waals surface area contributed by atoms with Gasteiger partial charge >= 0.3 is 7.48 Å². The highest BCUT2D eigenvalue weighted by molar-refractivity contribution is 7.80. The van der Waals surface area contributed by atoms with E-state index >= 15 is 0 Å². The molecule has 1 N–H and O–H groups in total. The molecule has 2 rings (SSSR count). The minimum Gasteiger partial charge on any atom is -0.450 e. The molecular formula is C14H11BCl2NO2S. The summed E-state index contributed by atoms with van der Waals surface area (Å²) in [5.41, 5.74) is 1.03. The van der Waals surface area contributed by atoms with Crippen molar-refractivity contribution in [2.45, 2.75) is 0 Å². The van der Waals surface area contributed by atoms with Crippen LogP contribution in [0.5, 0.6) is 5.75 Å². The quantitative estimate of drug-likeness (QED) is 0.688. The lowest BCUT2D eigenvalue weighted by atomic mass is 9.88. The van der Waals surface area contributed by atoms with Crippen molar-refractivity contribution in [2.24, 2.45) is 0 Å². The lowest BCUT2D eigenvalue weighted by Gasteiger charge is -2.22. The number of ether oxygens (including phenoxy) is 1. The third kappa shape index (κ3) is 3.89. The zero-order valence-corrected chi connectivity index (χ0v) is 13.4. The molecule has 0 aromatic heterocycles. The van der Waals surface area contributed by atoms with E-state index in [1.807, 2.05) is 18.2 Å². The van der Waals surface area contributed by atoms with Crippen molar-refractivity contribution < 1.29 is 9.76 Å². The number of para-hydroxylation sites is 1. The molecule has 2 aromatic carbocycles. The molecular weight excluding hydrogens is 328 g/mol. The molecule has 0 heterocycles. The Kier molecular flexibility index (Phi) is 5.48. The first-order chi connectivity index (χ1) is 10.0. The summed E-state index contributed by atoms with van der Waals surface area (Å²) in [6.45, 7) is 0. The molecule has 0 aliphatic rings. The Morgan fingerprint density at radius 3 is 2.48 bits per heavy atom. The monoisotopic (exact) mass is 338 g/mol. The number of thiocarbonyl (C=S) groups is 1. The van der Waals surface area contributed by atoms with Crippen LogP contribution >= 0.6 is 35.4 Å². The summed E-state index contributed by atoms with van der Waals surface area (Å²) in [6.07, 6.45) is 0. The van der Waals surface area contributed by atoms with E-state index in [2.05, 4.69) is 0 Å². The van der Waals surface area contributed by atoms with Gasteiger partial charge in [0.15, 0.2) is 0 Å². The fourth-order valence-corrected chi connectivity index (χ4v) is 2.42. The predicted octanol–water partition coefficient (Wildman–Crippen LogP) is 3.03. The van der Waals surface area contributed by atoms with Gasteiger partial charge in [-0.25, -0.2) is 0 Å². The smallest absolute Gasteiger partial charge is 0.328 e. The number of benzene rings is 2. The van der Waals surface area contributed by atoms with Gasteiger partial charge in [0.05, 0.1) is 10.7 Å². The molecule has 107 valence electrons. The second-order valence-electron chi connectivity index (χ2n) is 4.19. The van der Waals surface area contributed by atoms with Crippen molar-refractivity contribution in [3.05, 3.63) is 52.5 Å². The summed E-state index contributed by atoms with van der Waals surface area (Å²) in [6, 6.07) is 12.4. The minimum absolute atomic E-state index is 0.231. The fourth-order valence-electron chi connectivity index (χ4n) is 1.67. The Balaban J connectivity index is 2.23. The number of anilines is 1. The van der Waals surface area contributed by atoms with Crippen LogP contribution in [-0.2, 0) is 0 Å². The summed E-state index contributed by atoms with van der Waals surface area (Å²) in [5.74, 6) is 0.633. The molecule has 0 aliphatic carbocycles. The SMILES string of the molecule is CN(C(=S)Oc1ccccc1)c1cc([B]O)c(Cl)cc1Cl. The molecule has 21 heavy (non-hydrogen) atoms. The maximum Gasteiger partial charge on any atom is 0.328 e. The summed E-state index contributed by atoms with van der Waals surface area (Å²) in [4.78, 5) is 1.61. The minimum atomic E-state index is 0.231. The Hall–Kier alpha value is -1.27. The van der Waals surface area contributed by atoms with Crippen molar-refractivity contribution in [3.8, 4) is 5.75 Å². The van der Waals surface area contributed by atoms with Gasteiger partial charge in [0, 0.05) is 12.1 Å². The third-order valence-corrected chi connectivity index (χ3v) is 3.78. The van der Waals surface area contributed by atoms with Gasteiger partial charge in [-0.3, -0.25) is 0 Å². The van der Waals surface area contributed by atoms with Crippen molar-refractivity contribution in [2.75, 3.05) is 11.9 Å². The van der Waals surface area contributed by atoms with E-state index in [1.54, 1.807) is 36.2 Å². The van der Waals surface area contributed by atoms with Crippen LogP contribution in [0.1, 0.15) is 0 Å². The zero-order chi connectivity index (χ0) is 15.4. The predicted molar refractivity (Wildman–Crippen MR) is 92.1 cm³/mol. The topological polar surface area (TPSA) is 32.7 Å². The number of nitrogens with zero attached hydrogens (tertiary/aromatic N) is 1. The number of rotatable bonds is 3. The molecule has 1 radical (unpaired) electrons. The highest BCUT2D eigenvalue weighted by atomic mass is 35.5. The van der Waals surface area contributed by atoms with E-state index < -0.39 is 0 Å². The van der Waals surface area contributed by atoms with Crippen LogP contribution in [0, 0.1) is 0 Å². The average Bonchev–Trinajstić information content (AvgIpc) is 2.48. The summed E-state index contributed by atoms with van der Waals surface area (Å²) < 4.78 is 5.58. The summed E-state index contributed by atoms with van der Waals surface area (Å²) in [7, 11) is 2.64. The summed E-state index contributed by atoms with van der Waals surface area (Å²) in [5, 5.41) is 10.2. The first kappa shape index (κ1) is 16.1. The van der Waals surface area contributed by atoms with Crippen LogP contribution in [0.15, 0.2) is 42.5 Å². The maximum absolute atomic E-state index is 9.15. The molecule has 3 nitrogen and oxygen atoms in total. The van der Waals surface area contributed by atoms with Crippen LogP contribution < -0.4 is 15.1 Å². The van der Waals surface area contributed by atoms with Gasteiger partial charge in [-0.1, -0.05) is 41.4 Å². The van der Waals surface area contributed by atoms with Crippen LogP contribution in [0.25, 0.3) is 0 Å². The van der Waals surface area contributed by atoms with E-state index in [9.17, 15) is 0 Å². The maximum atomic E-state index is 9.15. The molecule has 7 heteroatoms. The highest BCUT2D eigenvalue weighted by Gasteiger charge is 2.15. The Bertz CT molecular complexity index is 655. The van der Waals surface area contributed by atoms with Gasteiger partial charge in [0.1, 0.15) is 5.75 Å². The lowest BCUT2D eigenvalue weighted by molar-refractivity contribution is 0.552. The molecule has 0 amide bonds. The van der Waals surface area contributed by atoms with Gasteiger partial charge in [0.25, 0.3) is 5.17 Å². The molecule has 0 aliphatic heterocycles. The largest absolute Gasteiger partial charge is 0.450 e. The second-order valence-corrected chi connectivity index (χ2v) is 5.36. The van der Waals surface area contributed by atoms with Gasteiger partial charge in [-0.2, -0.15) is 0 Å². The number of hydrogen-bond donors (Lipinski definition) is 1. The van der Waals surface area contributed by atoms with Crippen LogP contribution in [0.3, 0.4) is 0 Å². The molecule has 2 aromatic rings. The van der Waals surface area contributed by atoms with Gasteiger partial charge in [-0.15, -0.1) is 0 Å². The molecule has 0 spiro atoms. The van der Waals surface area contributed by atoms with Crippen molar-refractivity contribution in [1.82, 2.24) is 0 Å². The molecule has 0 atom stereocenters. The second kappa shape index (κ2) is 7.14. The molecule has 0 bridgehead atoms. The fraction of sp³-hybridized carbons (Fsp3) is 0.0714. The Labute approximate surface area is 139 Å². The highest BCUT2D eigenvalue weighted by Crippen LogP contribution is 2.27. The number of hydrogen-bond acceptors (Lipinski definition) is 3. The lowest BCUT2D eigenvalue weighted by Crippen LogP contribution is -2.30. The van der Waals surface area contributed by atoms with Crippen molar-refractivity contribution in [3.63, 3.8) is 0 Å². The van der Waals surface area contributed by atoms with Crippen molar-refractivity contribution >= 4 is 59.2 Å². The summed E-state index contributed by atoms with van der Waals surface area (Å²) >= 11 is 17.4. The first-order valence-electron chi connectivity index (χ1n) is 6.00. The molecule has 0 fully saturated rings. The molecule has 0 saturated heterocycles. The van der Waals surface area contributed by atoms with Crippen LogP contribution in [0.2, 0.25) is 10.0 Å². The Morgan fingerprint density at radius 1 is 1.19 bits per heavy atom.